The molecular weight excluding hydrogens is 716 g/mol. The summed E-state index contributed by atoms with van der Waals surface area (Å²) in [6.45, 7) is 6.30. The zero-order chi connectivity index (χ0) is 38.8. The number of carbonyl (C=O) groups is 3. The Morgan fingerprint density at radius 1 is 0.911 bits per heavy atom. The molecule has 13 heteroatoms. The molecule has 0 bridgehead atoms. The molecule has 0 radical (unpaired) electrons. The van der Waals surface area contributed by atoms with Gasteiger partial charge in [-0.2, -0.15) is 0 Å². The normalized spacial score (nSPS) is 21.9. The molecule has 4 aromatic rings. The number of piperazine rings is 1. The molecule has 12 nitrogen and oxygen atoms in total. The van der Waals surface area contributed by atoms with Gasteiger partial charge in [0.25, 0.3) is 5.91 Å². The van der Waals surface area contributed by atoms with Crippen LogP contribution in [0.1, 0.15) is 64.7 Å². The van der Waals surface area contributed by atoms with Crippen LogP contribution in [0.3, 0.4) is 0 Å². The summed E-state index contributed by atoms with van der Waals surface area (Å²) in [5.74, 6) is -0.0523. The monoisotopic (exact) mass is 762 g/mol. The number of benzene rings is 3. The topological polar surface area (TPSA) is 137 Å². The molecule has 4 aliphatic rings. The first-order valence-corrected chi connectivity index (χ1v) is 19.5. The lowest BCUT2D eigenvalue weighted by atomic mass is 9.76. The van der Waals surface area contributed by atoms with Gasteiger partial charge in [-0.3, -0.25) is 24.6 Å². The first-order valence-electron chi connectivity index (χ1n) is 19.5. The number of piperidine rings is 2. The van der Waals surface area contributed by atoms with E-state index < -0.39 is 17.9 Å². The van der Waals surface area contributed by atoms with E-state index in [1.165, 1.54) is 7.11 Å². The number of carbonyl (C=O) groups excluding carboxylic acids is 3. The Labute approximate surface area is 325 Å². The van der Waals surface area contributed by atoms with Crippen LogP contribution in [0.15, 0.2) is 78.9 Å². The summed E-state index contributed by atoms with van der Waals surface area (Å²) >= 11 is 0. The van der Waals surface area contributed by atoms with Gasteiger partial charge in [0.2, 0.25) is 17.7 Å². The first kappa shape index (κ1) is 37.2. The van der Waals surface area contributed by atoms with Crippen molar-refractivity contribution in [2.45, 2.75) is 43.6 Å². The number of methoxy groups -OCH3 is 1. The first-order chi connectivity index (χ1) is 27.2. The number of aromatic hydroxyl groups is 1. The van der Waals surface area contributed by atoms with Crippen molar-refractivity contribution in [3.8, 4) is 17.4 Å². The van der Waals surface area contributed by atoms with Crippen molar-refractivity contribution >= 4 is 29.1 Å². The Hall–Kier alpha value is -5.69. The van der Waals surface area contributed by atoms with Crippen molar-refractivity contribution in [3.63, 3.8) is 0 Å². The SMILES string of the molecule is COc1nc(C(=O)NC2CCC(=O)NC2=O)ccc1N1CCN(CC2CCN(c3ccc([C@H]4c5ccc(O)cc5OC[C@H]4c4ccccc4)cc3F)CC2)CC1. The van der Waals surface area contributed by atoms with Gasteiger partial charge >= 0.3 is 0 Å². The highest BCUT2D eigenvalue weighted by molar-refractivity contribution is 6.03. The zero-order valence-corrected chi connectivity index (χ0v) is 31.5. The van der Waals surface area contributed by atoms with Gasteiger partial charge in [-0.05, 0) is 66.6 Å². The van der Waals surface area contributed by atoms with Crippen LogP contribution in [0.4, 0.5) is 15.8 Å². The van der Waals surface area contributed by atoms with E-state index in [0.717, 1.165) is 81.0 Å². The molecule has 3 atom stereocenters. The van der Waals surface area contributed by atoms with Crippen LogP contribution in [0.2, 0.25) is 0 Å². The quantitative estimate of drug-likeness (QED) is 0.204. The average molecular weight is 763 g/mol. The van der Waals surface area contributed by atoms with Gasteiger partial charge < -0.3 is 29.7 Å². The lowest BCUT2D eigenvalue weighted by molar-refractivity contribution is -0.134. The average Bonchev–Trinajstić information content (AvgIpc) is 3.22. The number of nitrogens with zero attached hydrogens (tertiary/aromatic N) is 4. The van der Waals surface area contributed by atoms with Crippen molar-refractivity contribution in [1.82, 2.24) is 20.5 Å². The molecule has 3 aromatic carbocycles. The summed E-state index contributed by atoms with van der Waals surface area (Å²) in [5.41, 5.74) is 4.55. The predicted octanol–water partition coefficient (Wildman–Crippen LogP) is 4.82. The fourth-order valence-electron chi connectivity index (χ4n) is 8.68. The number of rotatable bonds is 9. The molecule has 3 N–H and O–H groups in total. The number of aromatic nitrogens is 1. The van der Waals surface area contributed by atoms with Gasteiger partial charge in [-0.25, -0.2) is 9.37 Å². The Kier molecular flexibility index (Phi) is 10.8. The molecule has 56 heavy (non-hydrogen) atoms. The maximum absolute atomic E-state index is 16.1. The Balaban J connectivity index is 0.852. The number of hydrogen-bond acceptors (Lipinski definition) is 10. The number of phenols is 1. The van der Waals surface area contributed by atoms with Gasteiger partial charge in [0.1, 0.15) is 29.1 Å². The van der Waals surface area contributed by atoms with Crippen LogP contribution in [0.5, 0.6) is 17.4 Å². The van der Waals surface area contributed by atoms with Crippen molar-refractivity contribution in [1.29, 1.82) is 0 Å². The summed E-state index contributed by atoms with van der Waals surface area (Å²) in [7, 11) is 1.52. The van der Waals surface area contributed by atoms with Gasteiger partial charge in [-0.1, -0.05) is 42.5 Å². The second-order valence-electron chi connectivity index (χ2n) is 15.2. The highest BCUT2D eigenvalue weighted by atomic mass is 19.1. The van der Waals surface area contributed by atoms with Crippen molar-refractivity contribution in [3.05, 3.63) is 107 Å². The molecule has 8 rings (SSSR count). The predicted molar refractivity (Wildman–Crippen MR) is 209 cm³/mol. The van der Waals surface area contributed by atoms with E-state index in [1.807, 2.05) is 36.4 Å². The summed E-state index contributed by atoms with van der Waals surface area (Å²) in [4.78, 5) is 47.7. The number of nitrogens with one attached hydrogen (secondary N) is 2. The van der Waals surface area contributed by atoms with Gasteiger partial charge in [0.15, 0.2) is 0 Å². The number of ether oxygens (including phenoxy) is 2. The summed E-state index contributed by atoms with van der Waals surface area (Å²) in [6, 6.07) is 23.8. The van der Waals surface area contributed by atoms with E-state index in [4.69, 9.17) is 9.47 Å². The van der Waals surface area contributed by atoms with Crippen molar-refractivity contribution in [2.75, 3.05) is 69.3 Å². The molecule has 3 fully saturated rings. The molecule has 0 saturated carbocycles. The van der Waals surface area contributed by atoms with E-state index in [1.54, 1.807) is 24.3 Å². The third-order valence-corrected chi connectivity index (χ3v) is 11.7. The Morgan fingerprint density at radius 2 is 1.66 bits per heavy atom. The number of halogens is 1. The molecule has 4 aliphatic heterocycles. The summed E-state index contributed by atoms with van der Waals surface area (Å²) in [5, 5.41) is 15.0. The number of fused-ring (bicyclic) bond motifs is 1. The molecule has 0 aliphatic carbocycles. The molecule has 5 heterocycles. The Bertz CT molecular complexity index is 2080. The van der Waals surface area contributed by atoms with Crippen molar-refractivity contribution < 1.29 is 33.4 Å². The second kappa shape index (κ2) is 16.2. The summed E-state index contributed by atoms with van der Waals surface area (Å²) < 4.78 is 27.7. The van der Waals surface area contributed by atoms with Crippen LogP contribution in [0.25, 0.3) is 0 Å². The third-order valence-electron chi connectivity index (χ3n) is 11.7. The van der Waals surface area contributed by atoms with Crippen LogP contribution >= 0.6 is 0 Å². The number of hydrogen-bond donors (Lipinski definition) is 3. The van der Waals surface area contributed by atoms with E-state index in [2.05, 4.69) is 48.5 Å². The molecule has 3 saturated heterocycles. The number of anilines is 2. The van der Waals surface area contributed by atoms with Crippen LogP contribution in [-0.2, 0) is 9.59 Å². The van der Waals surface area contributed by atoms with Crippen molar-refractivity contribution in [2.24, 2.45) is 5.92 Å². The van der Waals surface area contributed by atoms with Gasteiger partial charge in [0.05, 0.1) is 25.1 Å². The minimum absolute atomic E-state index is 0.00193. The molecule has 1 aromatic heterocycles. The largest absolute Gasteiger partial charge is 0.508 e. The van der Waals surface area contributed by atoms with E-state index in [-0.39, 0.29) is 47.8 Å². The lowest BCUT2D eigenvalue weighted by Gasteiger charge is -2.40. The lowest BCUT2D eigenvalue weighted by Crippen LogP contribution is -2.52. The van der Waals surface area contributed by atoms with Crippen LogP contribution in [0, 0.1) is 11.7 Å². The van der Waals surface area contributed by atoms with Crippen LogP contribution < -0.4 is 29.9 Å². The fraction of sp³-hybridized carbons (Fsp3) is 0.395. The fourth-order valence-corrected chi connectivity index (χ4v) is 8.68. The third kappa shape index (κ3) is 7.86. The number of phenolic OH excluding ortho intramolecular Hbond substituents is 1. The van der Waals surface area contributed by atoms with E-state index >= 15 is 4.39 Å². The number of imide groups is 1. The summed E-state index contributed by atoms with van der Waals surface area (Å²) in [6.07, 6.45) is 2.38. The maximum Gasteiger partial charge on any atom is 0.270 e. The number of pyridine rings is 1. The highest BCUT2D eigenvalue weighted by Gasteiger charge is 2.35. The Morgan fingerprint density at radius 3 is 2.39 bits per heavy atom. The minimum atomic E-state index is -0.783. The molecule has 0 spiro atoms. The molecule has 1 unspecified atom stereocenters. The molecule has 3 amide bonds. The van der Waals surface area contributed by atoms with E-state index in [9.17, 15) is 19.5 Å². The second-order valence-corrected chi connectivity index (χ2v) is 15.2. The van der Waals surface area contributed by atoms with E-state index in [0.29, 0.717) is 29.8 Å². The zero-order valence-electron chi connectivity index (χ0n) is 31.5. The van der Waals surface area contributed by atoms with Gasteiger partial charge in [0, 0.05) is 75.7 Å². The number of amides is 3. The smallest absolute Gasteiger partial charge is 0.270 e. The molecule has 292 valence electrons. The standard InChI is InChI=1S/C43H47FN6O6/c1-55-43-37(13-10-35(46-43)41(53)45-34-11-14-39(52)47-42(34)54)50-21-19-48(20-22-50)25-27-15-17-49(18-16-27)36-12-7-29(23-33(36)44)40-31-9-8-30(51)24-38(31)56-26-32(40)28-5-3-2-4-6-28/h2-10,12-13,23-24,27,32,34,40,51H,11,14-22,25-26H2,1H3,(H,45,53)(H,47,52,54)/t32-,34?,40-/m0/s1. The van der Waals surface area contributed by atoms with Crippen LogP contribution in [-0.4, -0.2) is 98.3 Å². The minimum Gasteiger partial charge on any atom is -0.508 e. The highest BCUT2D eigenvalue weighted by Crippen LogP contribution is 2.47. The maximum atomic E-state index is 16.1. The van der Waals surface area contributed by atoms with Gasteiger partial charge in [-0.15, -0.1) is 0 Å². The molecular formula is C43H47FN6O6.